The summed E-state index contributed by atoms with van der Waals surface area (Å²) in [6.07, 6.45) is -0.00477. The first-order valence-corrected chi connectivity index (χ1v) is 4.58. The Morgan fingerprint density at radius 1 is 1.57 bits per heavy atom. The molecule has 0 saturated heterocycles. The van der Waals surface area contributed by atoms with Gasteiger partial charge in [-0.15, -0.1) is 0 Å². The normalized spacial score (nSPS) is 12.4. The van der Waals surface area contributed by atoms with Gasteiger partial charge in [0, 0.05) is 5.02 Å². The topological polar surface area (TPSA) is 57.5 Å². The van der Waals surface area contributed by atoms with Crippen molar-refractivity contribution in [3.05, 3.63) is 28.8 Å². The third-order valence-electron chi connectivity index (χ3n) is 2.00. The lowest BCUT2D eigenvalue weighted by atomic mass is 9.97. The number of halogens is 1. The quantitative estimate of drug-likeness (QED) is 0.813. The van der Waals surface area contributed by atoms with Crippen LogP contribution in [0, 0.1) is 0 Å². The van der Waals surface area contributed by atoms with Crippen LogP contribution >= 0.6 is 11.6 Å². The summed E-state index contributed by atoms with van der Waals surface area (Å²) in [5, 5.41) is 18.5. The number of aromatic hydroxyl groups is 1. The molecule has 1 unspecified atom stereocenters. The van der Waals surface area contributed by atoms with Crippen LogP contribution in [-0.2, 0) is 4.79 Å². The average Bonchev–Trinajstić information content (AvgIpc) is 2.01. The zero-order chi connectivity index (χ0) is 10.7. The van der Waals surface area contributed by atoms with Crippen molar-refractivity contribution >= 4 is 17.6 Å². The van der Waals surface area contributed by atoms with Crippen LogP contribution in [0.3, 0.4) is 0 Å². The Balaban J connectivity index is 2.90. The van der Waals surface area contributed by atoms with Gasteiger partial charge in [-0.25, -0.2) is 0 Å². The second kappa shape index (κ2) is 4.33. The van der Waals surface area contributed by atoms with Crippen molar-refractivity contribution in [3.63, 3.8) is 0 Å². The first-order valence-electron chi connectivity index (χ1n) is 4.21. The van der Waals surface area contributed by atoms with Gasteiger partial charge in [-0.1, -0.05) is 24.6 Å². The molecule has 1 atom stereocenters. The molecule has 4 heteroatoms. The van der Waals surface area contributed by atoms with Crippen LogP contribution in [0.5, 0.6) is 5.75 Å². The van der Waals surface area contributed by atoms with E-state index in [1.54, 1.807) is 19.1 Å². The van der Waals surface area contributed by atoms with E-state index in [1.165, 1.54) is 6.07 Å². The highest BCUT2D eigenvalue weighted by molar-refractivity contribution is 6.30. The summed E-state index contributed by atoms with van der Waals surface area (Å²) in [7, 11) is 0. The molecule has 0 aliphatic heterocycles. The Hall–Kier alpha value is -1.22. The summed E-state index contributed by atoms with van der Waals surface area (Å²) in [5.74, 6) is -1.05. The van der Waals surface area contributed by atoms with E-state index in [0.717, 1.165) is 0 Å². The lowest BCUT2D eigenvalue weighted by Crippen LogP contribution is -2.02. The third kappa shape index (κ3) is 2.64. The van der Waals surface area contributed by atoms with Crippen molar-refractivity contribution in [2.45, 2.75) is 19.3 Å². The molecule has 76 valence electrons. The van der Waals surface area contributed by atoms with Crippen LogP contribution in [0.2, 0.25) is 5.02 Å². The van der Waals surface area contributed by atoms with E-state index < -0.39 is 5.97 Å². The highest BCUT2D eigenvalue weighted by Gasteiger charge is 2.13. The third-order valence-corrected chi connectivity index (χ3v) is 2.24. The highest BCUT2D eigenvalue weighted by atomic mass is 35.5. The summed E-state index contributed by atoms with van der Waals surface area (Å²) in [6, 6.07) is 4.69. The van der Waals surface area contributed by atoms with Crippen LogP contribution in [0.1, 0.15) is 24.8 Å². The molecule has 0 saturated carbocycles. The van der Waals surface area contributed by atoms with Gasteiger partial charge >= 0.3 is 5.97 Å². The van der Waals surface area contributed by atoms with Gasteiger partial charge in [0.2, 0.25) is 0 Å². The largest absolute Gasteiger partial charge is 0.508 e. The van der Waals surface area contributed by atoms with E-state index in [4.69, 9.17) is 16.7 Å². The van der Waals surface area contributed by atoms with E-state index in [9.17, 15) is 9.90 Å². The number of carboxylic acid groups (broad SMARTS) is 1. The fourth-order valence-electron chi connectivity index (χ4n) is 1.31. The monoisotopic (exact) mass is 214 g/mol. The Bertz CT molecular complexity index is 349. The Morgan fingerprint density at radius 3 is 2.71 bits per heavy atom. The molecule has 0 aliphatic carbocycles. The molecule has 0 heterocycles. The summed E-state index contributed by atoms with van der Waals surface area (Å²) in [5.41, 5.74) is 0.608. The zero-order valence-electron chi connectivity index (χ0n) is 7.70. The molecule has 0 spiro atoms. The van der Waals surface area contributed by atoms with Crippen LogP contribution in [0.25, 0.3) is 0 Å². The van der Waals surface area contributed by atoms with E-state index in [2.05, 4.69) is 0 Å². The number of benzene rings is 1. The second-order valence-corrected chi connectivity index (χ2v) is 3.64. The molecule has 1 aromatic carbocycles. The maximum Gasteiger partial charge on any atom is 0.303 e. The van der Waals surface area contributed by atoms with Crippen molar-refractivity contribution < 1.29 is 15.0 Å². The van der Waals surface area contributed by atoms with Crippen molar-refractivity contribution in [1.82, 2.24) is 0 Å². The molecule has 0 radical (unpaired) electrons. The summed E-state index contributed by atoms with van der Waals surface area (Å²) in [4.78, 5) is 10.5. The van der Waals surface area contributed by atoms with Crippen LogP contribution < -0.4 is 0 Å². The second-order valence-electron chi connectivity index (χ2n) is 3.20. The molecule has 0 amide bonds. The first kappa shape index (κ1) is 10.9. The van der Waals surface area contributed by atoms with Gasteiger partial charge in [0.1, 0.15) is 5.75 Å². The summed E-state index contributed by atoms with van der Waals surface area (Å²) >= 11 is 5.65. The van der Waals surface area contributed by atoms with Crippen molar-refractivity contribution in [2.75, 3.05) is 0 Å². The van der Waals surface area contributed by atoms with Gasteiger partial charge in [-0.2, -0.15) is 0 Å². The SMILES string of the molecule is CC(CC(=O)O)c1ccc(Cl)cc1O. The maximum atomic E-state index is 10.5. The van der Waals surface area contributed by atoms with Crippen LogP contribution in [0.4, 0.5) is 0 Å². The lowest BCUT2D eigenvalue weighted by Gasteiger charge is -2.10. The van der Waals surface area contributed by atoms with E-state index in [0.29, 0.717) is 10.6 Å². The maximum absolute atomic E-state index is 10.5. The van der Waals surface area contributed by atoms with Crippen LogP contribution in [-0.4, -0.2) is 16.2 Å². The van der Waals surface area contributed by atoms with Gasteiger partial charge in [-0.3, -0.25) is 4.79 Å². The predicted molar refractivity (Wildman–Crippen MR) is 53.8 cm³/mol. The minimum atomic E-state index is -0.883. The van der Waals surface area contributed by atoms with Crippen molar-refractivity contribution in [3.8, 4) is 5.75 Å². The molecule has 0 aromatic heterocycles. The molecule has 1 aromatic rings. The standard InChI is InChI=1S/C10H11ClO3/c1-6(4-10(13)14)8-3-2-7(11)5-9(8)12/h2-3,5-6,12H,4H2,1H3,(H,13,14). The molecular formula is C10H11ClO3. The van der Waals surface area contributed by atoms with Gasteiger partial charge in [-0.05, 0) is 23.6 Å². The molecule has 14 heavy (non-hydrogen) atoms. The minimum absolute atomic E-state index is 0.00477. The summed E-state index contributed by atoms with van der Waals surface area (Å²) in [6.45, 7) is 1.75. The molecule has 0 bridgehead atoms. The molecule has 3 nitrogen and oxygen atoms in total. The Kier molecular flexibility index (Phi) is 3.36. The molecular weight excluding hydrogens is 204 g/mol. The van der Waals surface area contributed by atoms with E-state index in [1.807, 2.05) is 0 Å². The number of hydrogen-bond acceptors (Lipinski definition) is 2. The number of phenolic OH excluding ortho intramolecular Hbond substituents is 1. The molecule has 2 N–H and O–H groups in total. The lowest BCUT2D eigenvalue weighted by molar-refractivity contribution is -0.137. The highest BCUT2D eigenvalue weighted by Crippen LogP contribution is 2.30. The van der Waals surface area contributed by atoms with Gasteiger partial charge in [0.05, 0.1) is 6.42 Å². The fourth-order valence-corrected chi connectivity index (χ4v) is 1.47. The number of carbonyl (C=O) groups is 1. The van der Waals surface area contributed by atoms with Crippen LogP contribution in [0.15, 0.2) is 18.2 Å². The number of aliphatic carboxylic acids is 1. The Labute approximate surface area is 86.9 Å². The zero-order valence-corrected chi connectivity index (χ0v) is 8.45. The van der Waals surface area contributed by atoms with Crippen molar-refractivity contribution in [1.29, 1.82) is 0 Å². The molecule has 0 aliphatic rings. The first-order chi connectivity index (χ1) is 6.50. The molecule has 0 fully saturated rings. The Morgan fingerprint density at radius 2 is 2.21 bits per heavy atom. The number of phenols is 1. The minimum Gasteiger partial charge on any atom is -0.508 e. The predicted octanol–water partition coefficient (Wildman–Crippen LogP) is 2.62. The smallest absolute Gasteiger partial charge is 0.303 e. The fraction of sp³-hybridized carbons (Fsp3) is 0.300. The van der Waals surface area contributed by atoms with Crippen molar-refractivity contribution in [2.24, 2.45) is 0 Å². The average molecular weight is 215 g/mol. The number of rotatable bonds is 3. The van der Waals surface area contributed by atoms with E-state index in [-0.39, 0.29) is 18.1 Å². The number of carboxylic acids is 1. The van der Waals surface area contributed by atoms with Gasteiger partial charge in [0.15, 0.2) is 0 Å². The van der Waals surface area contributed by atoms with Gasteiger partial charge in [0.25, 0.3) is 0 Å². The van der Waals surface area contributed by atoms with Gasteiger partial charge < -0.3 is 10.2 Å². The summed E-state index contributed by atoms with van der Waals surface area (Å²) < 4.78 is 0. The van der Waals surface area contributed by atoms with E-state index >= 15 is 0 Å². The number of hydrogen-bond donors (Lipinski definition) is 2. The molecule has 1 rings (SSSR count).